The van der Waals surface area contributed by atoms with Crippen LogP contribution in [0.25, 0.3) is 0 Å². The van der Waals surface area contributed by atoms with Crippen LogP contribution in [0, 0.1) is 30.1 Å². The number of hydrogen-bond donors (Lipinski definition) is 2. The Morgan fingerprint density at radius 1 is 1.30 bits per heavy atom. The molecular weight excluding hydrogens is 346 g/mol. The van der Waals surface area contributed by atoms with E-state index >= 15 is 0 Å². The number of carboxylic acids is 1. The van der Waals surface area contributed by atoms with E-state index in [1.165, 1.54) is 12.0 Å². The Labute approximate surface area is 158 Å². The number of methoxy groups -OCH3 is 1. The van der Waals surface area contributed by atoms with Crippen molar-refractivity contribution < 1.29 is 19.4 Å². The first-order chi connectivity index (χ1) is 12.9. The molecule has 2 N–H and O–H groups in total. The SMILES string of the molecule is COC(=O)N1CC2CCC(Nc3cccc(C)c3C#N)CC2CC1C(=O)O. The lowest BCUT2D eigenvalue weighted by molar-refractivity contribution is -0.146. The molecule has 0 radical (unpaired) electrons. The molecule has 144 valence electrons. The van der Waals surface area contributed by atoms with Gasteiger partial charge in [0.1, 0.15) is 12.1 Å². The number of ether oxygens (including phenoxy) is 1. The number of carbonyl (C=O) groups excluding carboxylic acids is 1. The minimum Gasteiger partial charge on any atom is -0.480 e. The number of nitriles is 1. The molecule has 1 aromatic carbocycles. The zero-order valence-electron chi connectivity index (χ0n) is 15.6. The first kappa shape index (κ1) is 19.0. The number of piperidine rings is 1. The number of anilines is 1. The van der Waals surface area contributed by atoms with Crippen molar-refractivity contribution in [2.75, 3.05) is 19.0 Å². The molecule has 1 heterocycles. The number of rotatable bonds is 3. The lowest BCUT2D eigenvalue weighted by Crippen LogP contribution is -2.55. The first-order valence-electron chi connectivity index (χ1n) is 9.28. The molecule has 27 heavy (non-hydrogen) atoms. The highest BCUT2D eigenvalue weighted by Gasteiger charge is 2.44. The van der Waals surface area contributed by atoms with Gasteiger partial charge in [0.15, 0.2) is 0 Å². The summed E-state index contributed by atoms with van der Waals surface area (Å²) < 4.78 is 4.77. The maximum absolute atomic E-state index is 12.0. The lowest BCUT2D eigenvalue weighted by Gasteiger charge is -2.46. The molecule has 3 rings (SSSR count). The summed E-state index contributed by atoms with van der Waals surface area (Å²) in [6.45, 7) is 2.34. The van der Waals surface area contributed by atoms with Gasteiger partial charge in [0.05, 0.1) is 18.4 Å². The number of fused-ring (bicyclic) bond motifs is 1. The maximum atomic E-state index is 12.0. The Hall–Kier alpha value is -2.75. The highest BCUT2D eigenvalue weighted by atomic mass is 16.5. The van der Waals surface area contributed by atoms with E-state index in [9.17, 15) is 20.0 Å². The molecule has 2 aliphatic rings. The number of likely N-dealkylation sites (tertiary alicyclic amines) is 1. The van der Waals surface area contributed by atoms with E-state index in [0.29, 0.717) is 18.5 Å². The molecule has 4 atom stereocenters. The van der Waals surface area contributed by atoms with Gasteiger partial charge < -0.3 is 15.2 Å². The van der Waals surface area contributed by atoms with Crippen LogP contribution in [0.1, 0.15) is 36.8 Å². The average molecular weight is 371 g/mol. The van der Waals surface area contributed by atoms with E-state index in [-0.39, 0.29) is 17.9 Å². The van der Waals surface area contributed by atoms with E-state index in [4.69, 9.17) is 4.74 Å². The normalized spacial score (nSPS) is 27.2. The number of benzene rings is 1. The fraction of sp³-hybridized carbons (Fsp3) is 0.550. The number of hydrogen-bond acceptors (Lipinski definition) is 5. The number of amides is 1. The van der Waals surface area contributed by atoms with Gasteiger partial charge in [-0.3, -0.25) is 4.90 Å². The number of carbonyl (C=O) groups is 2. The summed E-state index contributed by atoms with van der Waals surface area (Å²) in [5, 5.41) is 22.4. The topological polar surface area (TPSA) is 103 Å². The number of nitrogens with one attached hydrogen (secondary N) is 1. The van der Waals surface area contributed by atoms with E-state index in [0.717, 1.165) is 30.5 Å². The molecule has 7 nitrogen and oxygen atoms in total. The third-order valence-corrected chi connectivity index (χ3v) is 5.91. The Morgan fingerprint density at radius 2 is 2.07 bits per heavy atom. The minimum atomic E-state index is -0.987. The lowest BCUT2D eigenvalue weighted by atomic mass is 9.71. The van der Waals surface area contributed by atoms with Gasteiger partial charge in [-0.2, -0.15) is 5.26 Å². The van der Waals surface area contributed by atoms with Crippen LogP contribution in [0.4, 0.5) is 10.5 Å². The van der Waals surface area contributed by atoms with Crippen LogP contribution in [0.5, 0.6) is 0 Å². The van der Waals surface area contributed by atoms with Crippen LogP contribution in [-0.2, 0) is 9.53 Å². The Kier molecular flexibility index (Phi) is 5.54. The van der Waals surface area contributed by atoms with Crippen LogP contribution in [-0.4, -0.2) is 47.8 Å². The van der Waals surface area contributed by atoms with Crippen molar-refractivity contribution in [3.05, 3.63) is 29.3 Å². The third-order valence-electron chi connectivity index (χ3n) is 5.91. The summed E-state index contributed by atoms with van der Waals surface area (Å²) in [6.07, 6.45) is 2.54. The quantitative estimate of drug-likeness (QED) is 0.847. The molecule has 0 bridgehead atoms. The fourth-order valence-corrected chi connectivity index (χ4v) is 4.49. The molecule has 1 amide bonds. The van der Waals surface area contributed by atoms with Crippen LogP contribution in [0.15, 0.2) is 18.2 Å². The van der Waals surface area contributed by atoms with E-state index in [1.54, 1.807) is 0 Å². The first-order valence-corrected chi connectivity index (χ1v) is 9.28. The molecule has 1 saturated carbocycles. The van der Waals surface area contributed by atoms with Crippen molar-refractivity contribution in [3.8, 4) is 6.07 Å². The molecule has 1 aliphatic heterocycles. The van der Waals surface area contributed by atoms with Gasteiger partial charge in [-0.15, -0.1) is 0 Å². The Bertz CT molecular complexity index is 773. The summed E-state index contributed by atoms with van der Waals surface area (Å²) in [5.74, 6) is -0.473. The molecule has 7 heteroatoms. The van der Waals surface area contributed by atoms with Gasteiger partial charge >= 0.3 is 12.1 Å². The van der Waals surface area contributed by atoms with Crippen molar-refractivity contribution in [1.29, 1.82) is 5.26 Å². The molecule has 1 saturated heterocycles. The summed E-state index contributed by atoms with van der Waals surface area (Å²) in [4.78, 5) is 25.0. The van der Waals surface area contributed by atoms with Gasteiger partial charge in [0, 0.05) is 12.6 Å². The van der Waals surface area contributed by atoms with E-state index in [2.05, 4.69) is 11.4 Å². The number of carboxylic acid groups (broad SMARTS) is 1. The predicted molar refractivity (Wildman–Crippen MR) is 99.3 cm³/mol. The molecule has 1 aromatic rings. The zero-order chi connectivity index (χ0) is 19.6. The van der Waals surface area contributed by atoms with Crippen molar-refractivity contribution in [2.24, 2.45) is 11.8 Å². The van der Waals surface area contributed by atoms with Gasteiger partial charge in [-0.05, 0) is 56.1 Å². The van der Waals surface area contributed by atoms with Gasteiger partial charge in [-0.25, -0.2) is 9.59 Å². The van der Waals surface area contributed by atoms with E-state index < -0.39 is 18.1 Å². The standard InChI is InChI=1S/C20H25N3O4/c1-12-4-3-5-17(16(12)10-21)22-15-7-6-13-11-23(20(26)27-2)18(19(24)25)9-14(13)8-15/h3-5,13-15,18,22H,6-9,11H2,1-2H3,(H,24,25). The van der Waals surface area contributed by atoms with Gasteiger partial charge in [-0.1, -0.05) is 12.1 Å². The van der Waals surface area contributed by atoms with Crippen molar-refractivity contribution in [2.45, 2.75) is 44.7 Å². The van der Waals surface area contributed by atoms with Crippen LogP contribution in [0.2, 0.25) is 0 Å². The molecule has 0 spiro atoms. The van der Waals surface area contributed by atoms with Crippen LogP contribution in [0.3, 0.4) is 0 Å². The molecule has 1 aliphatic carbocycles. The number of aliphatic carboxylic acids is 1. The minimum absolute atomic E-state index is 0.194. The van der Waals surface area contributed by atoms with E-state index in [1.807, 2.05) is 25.1 Å². The smallest absolute Gasteiger partial charge is 0.410 e. The predicted octanol–water partition coefficient (Wildman–Crippen LogP) is 2.99. The van der Waals surface area contributed by atoms with Crippen LogP contribution < -0.4 is 5.32 Å². The molecule has 2 fully saturated rings. The molecule has 4 unspecified atom stereocenters. The number of nitrogens with zero attached hydrogens (tertiary/aromatic N) is 2. The van der Waals surface area contributed by atoms with Gasteiger partial charge in [0.25, 0.3) is 0 Å². The monoisotopic (exact) mass is 371 g/mol. The summed E-state index contributed by atoms with van der Waals surface area (Å²) >= 11 is 0. The maximum Gasteiger partial charge on any atom is 0.410 e. The zero-order valence-corrected chi connectivity index (χ0v) is 15.6. The largest absolute Gasteiger partial charge is 0.480 e. The third kappa shape index (κ3) is 3.85. The summed E-state index contributed by atoms with van der Waals surface area (Å²) in [6, 6.07) is 7.37. The highest BCUT2D eigenvalue weighted by Crippen LogP contribution is 2.40. The Balaban J connectivity index is 1.71. The average Bonchev–Trinajstić information content (AvgIpc) is 2.66. The number of aryl methyl sites for hydroxylation is 1. The van der Waals surface area contributed by atoms with Crippen LogP contribution >= 0.6 is 0 Å². The van der Waals surface area contributed by atoms with Gasteiger partial charge in [0.2, 0.25) is 0 Å². The summed E-state index contributed by atoms with van der Waals surface area (Å²) in [5.41, 5.74) is 2.43. The summed E-state index contributed by atoms with van der Waals surface area (Å²) in [7, 11) is 1.28. The van der Waals surface area contributed by atoms with Crippen molar-refractivity contribution >= 4 is 17.7 Å². The van der Waals surface area contributed by atoms with Crippen molar-refractivity contribution in [3.63, 3.8) is 0 Å². The second-order valence-electron chi connectivity index (χ2n) is 7.50. The second kappa shape index (κ2) is 7.87. The molecule has 0 aromatic heterocycles. The fourth-order valence-electron chi connectivity index (χ4n) is 4.49. The van der Waals surface area contributed by atoms with Crippen molar-refractivity contribution in [1.82, 2.24) is 4.90 Å². The molecular formula is C20H25N3O4. The Morgan fingerprint density at radius 3 is 2.74 bits per heavy atom. The highest BCUT2D eigenvalue weighted by molar-refractivity contribution is 5.80. The second-order valence-corrected chi connectivity index (χ2v) is 7.50.